The molecule has 0 saturated carbocycles. The first-order valence-electron chi connectivity index (χ1n) is 12.2. The van der Waals surface area contributed by atoms with E-state index < -0.39 is 28.5 Å². The van der Waals surface area contributed by atoms with Gasteiger partial charge in [-0.3, -0.25) is 13.9 Å². The van der Waals surface area contributed by atoms with Crippen LogP contribution in [-0.2, 0) is 26.2 Å². The first-order chi connectivity index (χ1) is 18.0. The van der Waals surface area contributed by atoms with Crippen molar-refractivity contribution in [1.29, 1.82) is 0 Å². The van der Waals surface area contributed by atoms with Gasteiger partial charge in [-0.15, -0.1) is 0 Å². The molecule has 3 rings (SSSR count). The van der Waals surface area contributed by atoms with E-state index in [-0.39, 0.29) is 39.1 Å². The zero-order valence-electron chi connectivity index (χ0n) is 21.5. The second kappa shape index (κ2) is 13.1. The van der Waals surface area contributed by atoms with Gasteiger partial charge in [-0.2, -0.15) is 0 Å². The molecule has 0 saturated heterocycles. The molecule has 0 spiro atoms. The van der Waals surface area contributed by atoms with Gasteiger partial charge in [0.25, 0.3) is 10.0 Å². The average molecular weight is 577 g/mol. The van der Waals surface area contributed by atoms with Crippen LogP contribution in [0.4, 0.5) is 5.69 Å². The molecular weight excluding hydrogens is 545 g/mol. The van der Waals surface area contributed by atoms with Crippen LogP contribution in [0.3, 0.4) is 0 Å². The van der Waals surface area contributed by atoms with Gasteiger partial charge in [0, 0.05) is 12.6 Å². The van der Waals surface area contributed by atoms with E-state index in [2.05, 4.69) is 5.32 Å². The maximum Gasteiger partial charge on any atom is 0.264 e. The number of hydrogen-bond acceptors (Lipinski definition) is 4. The number of halogens is 2. The second-order valence-electron chi connectivity index (χ2n) is 9.02. The third-order valence-corrected chi connectivity index (χ3v) is 8.34. The highest BCUT2D eigenvalue weighted by Gasteiger charge is 2.34. The van der Waals surface area contributed by atoms with E-state index >= 15 is 0 Å². The van der Waals surface area contributed by atoms with E-state index in [1.165, 1.54) is 35.2 Å². The number of sulfonamides is 1. The zero-order valence-corrected chi connectivity index (χ0v) is 23.8. The number of hydrogen-bond donors (Lipinski definition) is 1. The Kier molecular flexibility index (Phi) is 10.2. The number of anilines is 1. The van der Waals surface area contributed by atoms with E-state index in [0.717, 1.165) is 9.87 Å². The Morgan fingerprint density at radius 1 is 0.895 bits per heavy atom. The van der Waals surface area contributed by atoms with E-state index in [9.17, 15) is 18.0 Å². The molecule has 3 aromatic rings. The summed E-state index contributed by atoms with van der Waals surface area (Å²) in [7, 11) is -4.17. The van der Waals surface area contributed by atoms with Crippen LogP contribution < -0.4 is 9.62 Å². The minimum Gasteiger partial charge on any atom is -0.352 e. The molecule has 1 N–H and O–H groups in total. The number of carbonyl (C=O) groups is 2. The number of rotatable bonds is 11. The Morgan fingerprint density at radius 2 is 1.50 bits per heavy atom. The fraction of sp³-hybridized carbons (Fsp3) is 0.286. The molecular formula is C28H31Cl2N3O4S. The van der Waals surface area contributed by atoms with E-state index in [1.54, 1.807) is 18.2 Å². The molecule has 0 radical (unpaired) electrons. The van der Waals surface area contributed by atoms with Gasteiger partial charge >= 0.3 is 0 Å². The van der Waals surface area contributed by atoms with Crippen LogP contribution >= 0.6 is 23.2 Å². The maximum absolute atomic E-state index is 13.9. The molecule has 0 heterocycles. The maximum atomic E-state index is 13.9. The minimum absolute atomic E-state index is 0.0121. The average Bonchev–Trinajstić information content (AvgIpc) is 2.89. The molecule has 0 aliphatic heterocycles. The fourth-order valence-corrected chi connectivity index (χ4v) is 5.69. The van der Waals surface area contributed by atoms with Crippen LogP contribution in [-0.4, -0.2) is 43.8 Å². The van der Waals surface area contributed by atoms with Crippen LogP contribution in [0.2, 0.25) is 10.0 Å². The highest BCUT2D eigenvalue weighted by Crippen LogP contribution is 2.31. The molecule has 38 heavy (non-hydrogen) atoms. The molecule has 3 aromatic carbocycles. The Balaban J connectivity index is 2.06. The number of benzene rings is 3. The van der Waals surface area contributed by atoms with Gasteiger partial charge in [-0.05, 0) is 56.2 Å². The highest BCUT2D eigenvalue weighted by atomic mass is 35.5. The summed E-state index contributed by atoms with van der Waals surface area (Å²) in [6.45, 7) is 5.07. The van der Waals surface area contributed by atoms with Gasteiger partial charge < -0.3 is 10.2 Å². The Morgan fingerprint density at radius 3 is 2.05 bits per heavy atom. The molecule has 0 aliphatic rings. The molecule has 0 aromatic heterocycles. The summed E-state index contributed by atoms with van der Waals surface area (Å²) >= 11 is 12.3. The van der Waals surface area contributed by atoms with Crippen LogP contribution in [0, 0.1) is 0 Å². The standard InChI is InChI=1S/C28H31Cl2N3O4S/c1-4-26(28(35)31-20(2)3)32(18-21-11-7-5-8-12-21)27(34)19-33(22-15-16-24(29)25(30)17-22)38(36,37)23-13-9-6-10-14-23/h5-17,20,26H,4,18-19H2,1-3H3,(H,31,35). The molecule has 202 valence electrons. The van der Waals surface area contributed by atoms with Gasteiger partial charge in [0.1, 0.15) is 12.6 Å². The van der Waals surface area contributed by atoms with Gasteiger partial charge in [0.2, 0.25) is 11.8 Å². The van der Waals surface area contributed by atoms with Crippen molar-refractivity contribution in [2.24, 2.45) is 0 Å². The lowest BCUT2D eigenvalue weighted by Gasteiger charge is -2.33. The lowest BCUT2D eigenvalue weighted by atomic mass is 10.1. The first kappa shape index (κ1) is 29.5. The summed E-state index contributed by atoms with van der Waals surface area (Å²) < 4.78 is 28.5. The third-order valence-electron chi connectivity index (χ3n) is 5.81. The predicted octanol–water partition coefficient (Wildman–Crippen LogP) is 5.52. The predicted molar refractivity (Wildman–Crippen MR) is 152 cm³/mol. The summed E-state index contributed by atoms with van der Waals surface area (Å²) in [6.07, 6.45) is 0.343. The van der Waals surface area contributed by atoms with Crippen molar-refractivity contribution >= 4 is 50.7 Å². The molecule has 1 unspecified atom stereocenters. The molecule has 7 nitrogen and oxygen atoms in total. The normalized spacial score (nSPS) is 12.2. The van der Waals surface area contributed by atoms with Crippen molar-refractivity contribution in [1.82, 2.24) is 10.2 Å². The van der Waals surface area contributed by atoms with Crippen molar-refractivity contribution in [3.8, 4) is 0 Å². The monoisotopic (exact) mass is 575 g/mol. The van der Waals surface area contributed by atoms with Crippen molar-refractivity contribution in [2.45, 2.75) is 50.7 Å². The van der Waals surface area contributed by atoms with E-state index in [4.69, 9.17) is 23.2 Å². The molecule has 0 bridgehead atoms. The topological polar surface area (TPSA) is 86.8 Å². The fourth-order valence-electron chi connectivity index (χ4n) is 3.97. The summed E-state index contributed by atoms with van der Waals surface area (Å²) in [5, 5.41) is 3.27. The van der Waals surface area contributed by atoms with Gasteiger partial charge in [-0.25, -0.2) is 8.42 Å². The first-order valence-corrected chi connectivity index (χ1v) is 14.4. The molecule has 10 heteroatoms. The highest BCUT2D eigenvalue weighted by molar-refractivity contribution is 7.92. The molecule has 0 aliphatic carbocycles. The zero-order chi connectivity index (χ0) is 27.9. The molecule has 0 fully saturated rings. The summed E-state index contributed by atoms with van der Waals surface area (Å²) in [5.41, 5.74) is 0.986. The smallest absolute Gasteiger partial charge is 0.264 e. The number of nitrogens with zero attached hydrogens (tertiary/aromatic N) is 2. The number of amides is 2. The van der Waals surface area contributed by atoms with Crippen molar-refractivity contribution in [3.05, 3.63) is 94.5 Å². The Hall–Kier alpha value is -3.07. The lowest BCUT2D eigenvalue weighted by molar-refractivity contribution is -0.140. The second-order valence-corrected chi connectivity index (χ2v) is 11.7. The van der Waals surface area contributed by atoms with Crippen molar-refractivity contribution < 1.29 is 18.0 Å². The minimum atomic E-state index is -4.17. The molecule has 1 atom stereocenters. The van der Waals surface area contributed by atoms with Crippen LogP contribution in [0.1, 0.15) is 32.8 Å². The van der Waals surface area contributed by atoms with Gasteiger partial charge in [-0.1, -0.05) is 78.7 Å². The largest absolute Gasteiger partial charge is 0.352 e. The van der Waals surface area contributed by atoms with Crippen LogP contribution in [0.15, 0.2) is 83.8 Å². The summed E-state index contributed by atoms with van der Waals surface area (Å²) in [6, 6.07) is 20.5. The number of nitrogens with one attached hydrogen (secondary N) is 1. The Bertz CT molecular complexity index is 1350. The van der Waals surface area contributed by atoms with Crippen molar-refractivity contribution in [2.75, 3.05) is 10.8 Å². The quantitative estimate of drug-likeness (QED) is 0.326. The van der Waals surface area contributed by atoms with Gasteiger partial charge in [0.15, 0.2) is 0 Å². The van der Waals surface area contributed by atoms with E-state index in [1.807, 2.05) is 51.1 Å². The summed E-state index contributed by atoms with van der Waals surface area (Å²) in [5.74, 6) is -0.844. The number of carbonyl (C=O) groups excluding carboxylic acids is 2. The SMILES string of the molecule is CCC(C(=O)NC(C)C)N(Cc1ccccc1)C(=O)CN(c1ccc(Cl)c(Cl)c1)S(=O)(=O)c1ccccc1. The van der Waals surface area contributed by atoms with Crippen LogP contribution in [0.5, 0.6) is 0 Å². The molecule has 2 amide bonds. The van der Waals surface area contributed by atoms with E-state index in [0.29, 0.717) is 6.42 Å². The van der Waals surface area contributed by atoms with Crippen LogP contribution in [0.25, 0.3) is 0 Å². The Labute approximate surface area is 234 Å². The summed E-state index contributed by atoms with van der Waals surface area (Å²) in [4.78, 5) is 28.5. The van der Waals surface area contributed by atoms with Gasteiger partial charge in [0.05, 0.1) is 20.6 Å². The third kappa shape index (κ3) is 7.28. The van der Waals surface area contributed by atoms with Crippen molar-refractivity contribution in [3.63, 3.8) is 0 Å². The lowest BCUT2D eigenvalue weighted by Crippen LogP contribution is -2.53.